The summed E-state index contributed by atoms with van der Waals surface area (Å²) in [5.74, 6) is -1.72. The average molecular weight is 632 g/mol. The molecule has 0 aliphatic carbocycles. The number of nitro groups is 1. The molecule has 46 heavy (non-hydrogen) atoms. The fourth-order valence-electron chi connectivity index (χ4n) is 4.06. The number of esters is 1. The molecule has 0 bridgehead atoms. The first-order valence-electron chi connectivity index (χ1n) is 13.0. The maximum absolute atomic E-state index is 13.3. The number of hydrogen-bond acceptors (Lipinski definition) is 14. The number of hydrogen-bond donors (Lipinski definition) is 2. The van der Waals surface area contributed by atoms with Crippen LogP contribution in [0.5, 0.6) is 17.2 Å². The Labute approximate surface area is 257 Å². The van der Waals surface area contributed by atoms with Crippen LogP contribution in [0, 0.1) is 22.9 Å². The van der Waals surface area contributed by atoms with Crippen molar-refractivity contribution in [2.75, 3.05) is 12.8 Å². The molecule has 18 heteroatoms. The van der Waals surface area contributed by atoms with E-state index in [0.29, 0.717) is 11.3 Å². The number of rotatable bonds is 11. The molecule has 3 aromatic carbocycles. The number of ether oxygens (including phenoxy) is 3. The van der Waals surface area contributed by atoms with Crippen LogP contribution in [-0.4, -0.2) is 55.4 Å². The Morgan fingerprint density at radius 3 is 2.63 bits per heavy atom. The third-order valence-corrected chi connectivity index (χ3v) is 6.36. The van der Waals surface area contributed by atoms with Crippen molar-refractivity contribution in [1.29, 1.82) is 0 Å². The summed E-state index contributed by atoms with van der Waals surface area (Å²) >= 11 is 0. The van der Waals surface area contributed by atoms with Gasteiger partial charge in [-0.1, -0.05) is 11.3 Å². The van der Waals surface area contributed by atoms with E-state index in [2.05, 4.69) is 35.8 Å². The number of nitrogens with one attached hydrogen (secondary N) is 1. The van der Waals surface area contributed by atoms with Crippen molar-refractivity contribution in [2.45, 2.75) is 13.5 Å². The zero-order chi connectivity index (χ0) is 32.8. The van der Waals surface area contributed by atoms with Gasteiger partial charge in [0.15, 0.2) is 17.2 Å². The average Bonchev–Trinajstić information content (AvgIpc) is 3.66. The number of amides is 1. The normalized spacial score (nSPS) is 10.9. The van der Waals surface area contributed by atoms with Gasteiger partial charge in [0.05, 0.1) is 23.8 Å². The molecule has 0 spiro atoms. The third kappa shape index (κ3) is 6.59. The first-order chi connectivity index (χ1) is 22.2. The van der Waals surface area contributed by atoms with Crippen LogP contribution >= 0.6 is 0 Å². The van der Waals surface area contributed by atoms with Crippen molar-refractivity contribution < 1.29 is 37.7 Å². The smallest absolute Gasteiger partial charge is 0.344 e. The zero-order valence-electron chi connectivity index (χ0n) is 23.9. The molecule has 0 radical (unpaired) electrons. The number of benzene rings is 3. The minimum absolute atomic E-state index is 0.0199. The molecule has 17 nitrogen and oxygen atoms in total. The number of aromatic nitrogens is 5. The van der Waals surface area contributed by atoms with Crippen LogP contribution in [0.25, 0.3) is 5.82 Å². The van der Waals surface area contributed by atoms with Gasteiger partial charge >= 0.3 is 5.97 Å². The largest absolute Gasteiger partial charge is 0.493 e. The van der Waals surface area contributed by atoms with Gasteiger partial charge in [-0.15, -0.1) is 5.10 Å². The van der Waals surface area contributed by atoms with Gasteiger partial charge in [-0.25, -0.2) is 19.2 Å². The molecule has 0 atom stereocenters. The number of nitro benzene ring substituents is 1. The first-order valence-corrected chi connectivity index (χ1v) is 13.0. The van der Waals surface area contributed by atoms with E-state index >= 15 is 0 Å². The standard InChI is InChI=1S/C28H22FN9O8/c1-15-19(4-3-5-20(15)38(41)42)28(40)45-22-11-6-16(12-23(22)43-2)13-31-33-27(39)24-21(14-44-18-9-7-17(29)8-10-18)37(36-32-24)26-25(30)34-46-35-26/h3-13H,14H2,1-2H3,(H2,30,34)(H,33,39)/b31-13+. The maximum Gasteiger partial charge on any atom is 0.344 e. The van der Waals surface area contributed by atoms with Crippen LogP contribution < -0.4 is 25.4 Å². The second-order valence-corrected chi connectivity index (χ2v) is 9.22. The van der Waals surface area contributed by atoms with Crippen molar-refractivity contribution in [2.24, 2.45) is 5.10 Å². The highest BCUT2D eigenvalue weighted by Crippen LogP contribution is 2.30. The fraction of sp³-hybridized carbons (Fsp3) is 0.107. The number of halogens is 1. The minimum Gasteiger partial charge on any atom is -0.493 e. The Balaban J connectivity index is 1.31. The van der Waals surface area contributed by atoms with Crippen molar-refractivity contribution in [3.8, 4) is 23.1 Å². The van der Waals surface area contributed by atoms with Crippen LogP contribution in [0.15, 0.2) is 70.4 Å². The van der Waals surface area contributed by atoms with Gasteiger partial charge < -0.3 is 19.9 Å². The summed E-state index contributed by atoms with van der Waals surface area (Å²) < 4.78 is 35.5. The minimum atomic E-state index is -0.816. The summed E-state index contributed by atoms with van der Waals surface area (Å²) in [6.07, 6.45) is 1.29. The van der Waals surface area contributed by atoms with Crippen molar-refractivity contribution in [3.05, 3.63) is 105 Å². The third-order valence-electron chi connectivity index (χ3n) is 6.36. The van der Waals surface area contributed by atoms with E-state index in [1.807, 2.05) is 0 Å². The summed E-state index contributed by atoms with van der Waals surface area (Å²) in [7, 11) is 1.35. The molecule has 3 N–H and O–H groups in total. The predicted molar refractivity (Wildman–Crippen MR) is 155 cm³/mol. The van der Waals surface area contributed by atoms with E-state index in [1.165, 1.54) is 80.9 Å². The maximum atomic E-state index is 13.3. The Morgan fingerprint density at radius 1 is 1.15 bits per heavy atom. The Hall–Kier alpha value is -6.72. The van der Waals surface area contributed by atoms with Crippen LogP contribution in [0.1, 0.15) is 37.7 Å². The molecule has 2 heterocycles. The molecule has 234 valence electrons. The van der Waals surface area contributed by atoms with Gasteiger partial charge in [-0.3, -0.25) is 14.9 Å². The predicted octanol–water partition coefficient (Wildman–Crippen LogP) is 3.16. The van der Waals surface area contributed by atoms with E-state index < -0.39 is 22.6 Å². The van der Waals surface area contributed by atoms with Crippen LogP contribution in [0.4, 0.5) is 15.9 Å². The monoisotopic (exact) mass is 631 g/mol. The summed E-state index contributed by atoms with van der Waals surface area (Å²) in [4.78, 5) is 36.5. The second kappa shape index (κ2) is 13.3. The highest BCUT2D eigenvalue weighted by molar-refractivity contribution is 5.95. The molecular formula is C28H22FN9O8. The molecule has 5 rings (SSSR count). The van der Waals surface area contributed by atoms with E-state index in [0.717, 1.165) is 4.68 Å². The van der Waals surface area contributed by atoms with Crippen molar-refractivity contribution in [1.82, 2.24) is 30.7 Å². The van der Waals surface area contributed by atoms with E-state index in [1.54, 1.807) is 0 Å². The number of nitrogen functional groups attached to an aromatic ring is 1. The zero-order valence-corrected chi connectivity index (χ0v) is 23.9. The summed E-state index contributed by atoms with van der Waals surface area (Å²) in [6, 6.07) is 13.7. The number of nitrogens with two attached hydrogens (primary N) is 1. The number of carbonyl (C=O) groups excluding carboxylic acids is 2. The molecule has 0 unspecified atom stereocenters. The van der Waals surface area contributed by atoms with Crippen molar-refractivity contribution in [3.63, 3.8) is 0 Å². The van der Waals surface area contributed by atoms with Crippen molar-refractivity contribution >= 4 is 29.6 Å². The SMILES string of the molecule is COc1cc(/C=N/NC(=O)c2nnn(-c3nonc3N)c2COc2ccc(F)cc2)ccc1OC(=O)c1cccc([N+](=O)[O-])c1C. The van der Waals surface area contributed by atoms with Gasteiger partial charge in [-0.2, -0.15) is 9.78 Å². The highest BCUT2D eigenvalue weighted by atomic mass is 19.1. The van der Waals surface area contributed by atoms with Gasteiger partial charge in [-0.05, 0) is 71.3 Å². The summed E-state index contributed by atoms with van der Waals surface area (Å²) in [5, 5.41) is 30.2. The molecule has 5 aromatic rings. The molecule has 0 fully saturated rings. The number of anilines is 1. The van der Waals surface area contributed by atoms with Gasteiger partial charge in [0.2, 0.25) is 11.6 Å². The number of nitrogens with zero attached hydrogens (tertiary/aromatic N) is 7. The molecule has 0 aliphatic rings. The topological polar surface area (TPSA) is 225 Å². The molecule has 2 aromatic heterocycles. The first kappa shape index (κ1) is 30.7. The van der Waals surface area contributed by atoms with E-state index in [-0.39, 0.29) is 57.9 Å². The molecule has 0 saturated heterocycles. The fourth-order valence-corrected chi connectivity index (χ4v) is 4.06. The number of methoxy groups -OCH3 is 1. The molecule has 1 amide bonds. The number of hydrazone groups is 1. The highest BCUT2D eigenvalue weighted by Gasteiger charge is 2.25. The summed E-state index contributed by atoms with van der Waals surface area (Å²) in [5.41, 5.74) is 8.42. The summed E-state index contributed by atoms with van der Waals surface area (Å²) in [6.45, 7) is 1.19. The lowest BCUT2D eigenvalue weighted by molar-refractivity contribution is -0.385. The number of carbonyl (C=O) groups is 2. The van der Waals surface area contributed by atoms with E-state index in [9.17, 15) is 24.1 Å². The van der Waals surface area contributed by atoms with Crippen LogP contribution in [0.3, 0.4) is 0 Å². The Bertz CT molecular complexity index is 1960. The lowest BCUT2D eigenvalue weighted by Gasteiger charge is -2.11. The molecule has 0 saturated carbocycles. The quantitative estimate of drug-likeness (QED) is 0.0703. The lowest BCUT2D eigenvalue weighted by atomic mass is 10.1. The van der Waals surface area contributed by atoms with Gasteiger partial charge in [0.25, 0.3) is 11.6 Å². The van der Waals surface area contributed by atoms with Gasteiger partial charge in [0.1, 0.15) is 23.9 Å². The van der Waals surface area contributed by atoms with E-state index in [4.69, 9.17) is 19.9 Å². The van der Waals surface area contributed by atoms with Gasteiger partial charge in [0, 0.05) is 11.6 Å². The second-order valence-electron chi connectivity index (χ2n) is 9.22. The molecule has 0 aliphatic heterocycles. The van der Waals surface area contributed by atoms with Crippen LogP contribution in [0.2, 0.25) is 0 Å². The Kier molecular flexibility index (Phi) is 8.88. The lowest BCUT2D eigenvalue weighted by Crippen LogP contribution is -2.21. The Morgan fingerprint density at radius 2 is 1.93 bits per heavy atom. The molecular weight excluding hydrogens is 609 g/mol. The van der Waals surface area contributed by atoms with Crippen LogP contribution in [-0.2, 0) is 6.61 Å².